The van der Waals surface area contributed by atoms with Crippen LogP contribution in [0.4, 0.5) is 11.5 Å². The van der Waals surface area contributed by atoms with Gasteiger partial charge in [-0.25, -0.2) is 4.68 Å². The number of amides is 2. The molecule has 8 nitrogen and oxygen atoms in total. The summed E-state index contributed by atoms with van der Waals surface area (Å²) in [7, 11) is 1.63. The number of aryl methyl sites for hydroxylation is 1. The van der Waals surface area contributed by atoms with Crippen molar-refractivity contribution in [2.75, 3.05) is 30.4 Å². The Labute approximate surface area is 210 Å². The van der Waals surface area contributed by atoms with Crippen LogP contribution in [0.1, 0.15) is 31.0 Å². The van der Waals surface area contributed by atoms with Gasteiger partial charge in [-0.3, -0.25) is 9.59 Å². The minimum Gasteiger partial charge on any atom is -0.497 e. The van der Waals surface area contributed by atoms with Gasteiger partial charge in [-0.05, 0) is 61.7 Å². The highest BCUT2D eigenvalue weighted by molar-refractivity contribution is 6.30. The second-order valence-electron chi connectivity index (χ2n) is 8.68. The first-order chi connectivity index (χ1) is 16.9. The Morgan fingerprint density at radius 2 is 1.86 bits per heavy atom. The first kappa shape index (κ1) is 24.6. The maximum Gasteiger partial charge on any atom is 0.223 e. The normalized spacial score (nSPS) is 14.0. The smallest absolute Gasteiger partial charge is 0.223 e. The number of anilines is 2. The summed E-state index contributed by atoms with van der Waals surface area (Å²) in [6, 6.07) is 15.1. The molecule has 184 valence electrons. The first-order valence-corrected chi connectivity index (χ1v) is 12.0. The van der Waals surface area contributed by atoms with E-state index in [0.29, 0.717) is 43.2 Å². The van der Waals surface area contributed by atoms with Crippen molar-refractivity contribution in [1.82, 2.24) is 15.1 Å². The van der Waals surface area contributed by atoms with E-state index >= 15 is 0 Å². The van der Waals surface area contributed by atoms with Crippen LogP contribution in [0.3, 0.4) is 0 Å². The van der Waals surface area contributed by atoms with Crippen molar-refractivity contribution in [3.8, 4) is 11.4 Å². The molecule has 1 aromatic heterocycles. The van der Waals surface area contributed by atoms with Gasteiger partial charge in [0, 0.05) is 37.5 Å². The Bertz CT molecular complexity index is 1200. The number of carbonyl (C=O) groups is 2. The average molecular weight is 496 g/mol. The van der Waals surface area contributed by atoms with Crippen LogP contribution in [0, 0.1) is 12.8 Å². The van der Waals surface area contributed by atoms with Crippen molar-refractivity contribution >= 4 is 34.9 Å². The van der Waals surface area contributed by atoms with Gasteiger partial charge in [-0.1, -0.05) is 23.7 Å². The number of rotatable bonds is 7. The Hall–Kier alpha value is -3.52. The monoisotopic (exact) mass is 495 g/mol. The van der Waals surface area contributed by atoms with Crippen molar-refractivity contribution < 1.29 is 14.3 Å². The van der Waals surface area contributed by atoms with Crippen LogP contribution in [0.2, 0.25) is 5.02 Å². The summed E-state index contributed by atoms with van der Waals surface area (Å²) < 4.78 is 7.09. The fraction of sp³-hybridized carbons (Fsp3) is 0.346. The fourth-order valence-corrected chi connectivity index (χ4v) is 4.49. The Kier molecular flexibility index (Phi) is 7.60. The number of ether oxygens (including phenoxy) is 1. The van der Waals surface area contributed by atoms with Gasteiger partial charge in [-0.2, -0.15) is 5.10 Å². The molecule has 0 radical (unpaired) electrons. The van der Waals surface area contributed by atoms with E-state index in [4.69, 9.17) is 21.4 Å². The van der Waals surface area contributed by atoms with Crippen LogP contribution in [0.5, 0.6) is 5.75 Å². The number of nitrogens with zero attached hydrogens (tertiary/aromatic N) is 3. The van der Waals surface area contributed by atoms with Gasteiger partial charge in [-0.15, -0.1) is 0 Å². The Morgan fingerprint density at radius 1 is 1.14 bits per heavy atom. The third-order valence-electron chi connectivity index (χ3n) is 6.17. The predicted molar refractivity (Wildman–Crippen MR) is 137 cm³/mol. The molecule has 9 heteroatoms. The highest BCUT2D eigenvalue weighted by Crippen LogP contribution is 2.35. The summed E-state index contributed by atoms with van der Waals surface area (Å²) in [5.74, 6) is 1.41. The van der Waals surface area contributed by atoms with E-state index in [1.54, 1.807) is 7.11 Å². The molecule has 1 aliphatic rings. The van der Waals surface area contributed by atoms with Crippen molar-refractivity contribution in [2.24, 2.45) is 5.92 Å². The van der Waals surface area contributed by atoms with Gasteiger partial charge in [0.1, 0.15) is 11.4 Å². The van der Waals surface area contributed by atoms with Crippen LogP contribution in [0.25, 0.3) is 5.69 Å². The van der Waals surface area contributed by atoms with Gasteiger partial charge < -0.3 is 20.3 Å². The van der Waals surface area contributed by atoms with Crippen LogP contribution in [0.15, 0.2) is 48.5 Å². The summed E-state index contributed by atoms with van der Waals surface area (Å²) >= 11 is 6.08. The highest BCUT2D eigenvalue weighted by atomic mass is 35.5. The highest BCUT2D eigenvalue weighted by Gasteiger charge is 2.29. The maximum atomic E-state index is 12.9. The molecule has 0 atom stereocenters. The number of halogens is 1. The second-order valence-corrected chi connectivity index (χ2v) is 9.12. The molecule has 0 spiro atoms. The van der Waals surface area contributed by atoms with Gasteiger partial charge in [0.2, 0.25) is 11.8 Å². The van der Waals surface area contributed by atoms with Gasteiger partial charge >= 0.3 is 0 Å². The molecule has 4 rings (SSSR count). The molecule has 1 saturated heterocycles. The van der Waals surface area contributed by atoms with Gasteiger partial charge in [0.25, 0.3) is 0 Å². The standard InChI is InChI=1S/C26H30ClN5O3/c1-17-24(29-18(2)33)26(32(30-17)22-9-7-21(27)8-10-22)31-13-11-20(12-14-31)25(34)28-16-19-5-4-6-23(15-19)35-3/h4-10,15,20H,11-14,16H2,1-3H3,(H,28,34)(H,29,33). The predicted octanol–water partition coefficient (Wildman–Crippen LogP) is 4.33. The molecule has 2 heterocycles. The van der Waals surface area contributed by atoms with E-state index < -0.39 is 0 Å². The first-order valence-electron chi connectivity index (χ1n) is 11.6. The van der Waals surface area contributed by atoms with Crippen molar-refractivity contribution in [3.05, 3.63) is 64.8 Å². The topological polar surface area (TPSA) is 88.5 Å². The second kappa shape index (κ2) is 10.8. The van der Waals surface area contributed by atoms with Crippen molar-refractivity contribution in [3.63, 3.8) is 0 Å². The van der Waals surface area contributed by atoms with E-state index in [-0.39, 0.29) is 17.7 Å². The zero-order valence-electron chi connectivity index (χ0n) is 20.2. The number of hydrogen-bond donors (Lipinski definition) is 2. The molecule has 0 saturated carbocycles. The molecular formula is C26H30ClN5O3. The summed E-state index contributed by atoms with van der Waals surface area (Å²) in [4.78, 5) is 27.0. The number of aromatic nitrogens is 2. The van der Waals surface area contributed by atoms with E-state index in [1.165, 1.54) is 6.92 Å². The zero-order chi connectivity index (χ0) is 24.9. The number of hydrogen-bond acceptors (Lipinski definition) is 5. The van der Waals surface area contributed by atoms with E-state index in [2.05, 4.69) is 15.5 Å². The molecule has 1 aliphatic heterocycles. The van der Waals surface area contributed by atoms with E-state index in [9.17, 15) is 9.59 Å². The molecular weight excluding hydrogens is 466 g/mol. The molecule has 1 fully saturated rings. The number of piperidine rings is 1. The molecule has 2 N–H and O–H groups in total. The van der Waals surface area contributed by atoms with E-state index in [1.807, 2.05) is 60.1 Å². The fourth-order valence-electron chi connectivity index (χ4n) is 4.36. The molecule has 0 unspecified atom stereocenters. The number of nitrogens with one attached hydrogen (secondary N) is 2. The number of benzene rings is 2. The minimum atomic E-state index is -0.156. The largest absolute Gasteiger partial charge is 0.497 e. The molecule has 0 aliphatic carbocycles. The summed E-state index contributed by atoms with van der Waals surface area (Å²) in [5, 5.41) is 11.3. The van der Waals surface area contributed by atoms with Crippen molar-refractivity contribution in [1.29, 1.82) is 0 Å². The maximum absolute atomic E-state index is 12.9. The summed E-state index contributed by atoms with van der Waals surface area (Å²) in [6.07, 6.45) is 1.41. The Morgan fingerprint density at radius 3 is 2.51 bits per heavy atom. The number of carbonyl (C=O) groups excluding carboxylic acids is 2. The molecule has 0 bridgehead atoms. The lowest BCUT2D eigenvalue weighted by atomic mass is 9.95. The quantitative estimate of drug-likeness (QED) is 0.509. The minimum absolute atomic E-state index is 0.0527. The Balaban J connectivity index is 1.47. The summed E-state index contributed by atoms with van der Waals surface area (Å²) in [5.41, 5.74) is 3.26. The van der Waals surface area contributed by atoms with Gasteiger partial charge in [0.05, 0.1) is 18.5 Å². The summed E-state index contributed by atoms with van der Waals surface area (Å²) in [6.45, 7) is 5.16. The lowest BCUT2D eigenvalue weighted by Crippen LogP contribution is -2.41. The lowest BCUT2D eigenvalue weighted by molar-refractivity contribution is -0.125. The van der Waals surface area contributed by atoms with Crippen LogP contribution >= 0.6 is 11.6 Å². The molecule has 2 aromatic carbocycles. The SMILES string of the molecule is COc1cccc(CNC(=O)C2CCN(c3c(NC(C)=O)c(C)nn3-c3ccc(Cl)cc3)CC2)c1. The zero-order valence-corrected chi connectivity index (χ0v) is 20.9. The molecule has 2 amide bonds. The number of methoxy groups -OCH3 is 1. The van der Waals surface area contributed by atoms with E-state index in [0.717, 1.165) is 28.5 Å². The van der Waals surface area contributed by atoms with Crippen molar-refractivity contribution in [2.45, 2.75) is 33.2 Å². The van der Waals surface area contributed by atoms with Gasteiger partial charge in [0.15, 0.2) is 5.82 Å². The molecule has 3 aromatic rings. The lowest BCUT2D eigenvalue weighted by Gasteiger charge is -2.33. The average Bonchev–Trinajstić information content (AvgIpc) is 3.18. The van der Waals surface area contributed by atoms with Crippen LogP contribution < -0.4 is 20.3 Å². The molecule has 35 heavy (non-hydrogen) atoms. The van der Waals surface area contributed by atoms with Crippen LogP contribution in [-0.4, -0.2) is 41.8 Å². The van der Waals surface area contributed by atoms with Crippen LogP contribution in [-0.2, 0) is 16.1 Å². The third-order valence-corrected chi connectivity index (χ3v) is 6.43. The third kappa shape index (κ3) is 5.77.